The first-order valence-electron chi connectivity index (χ1n) is 8.85. The van der Waals surface area contributed by atoms with Crippen LogP contribution in [0.5, 0.6) is 5.75 Å². The van der Waals surface area contributed by atoms with Crippen molar-refractivity contribution in [1.82, 2.24) is 0 Å². The molecular formula is C23H16ClFN2O2. The van der Waals surface area contributed by atoms with E-state index in [4.69, 9.17) is 16.3 Å². The molecular weight excluding hydrogens is 391 g/mol. The number of nitrogens with zero attached hydrogens (tertiary/aromatic N) is 2. The number of benzene rings is 3. The van der Waals surface area contributed by atoms with Gasteiger partial charge in [-0.3, -0.25) is 9.69 Å². The van der Waals surface area contributed by atoms with Crippen LogP contribution in [0.15, 0.2) is 83.5 Å². The number of carbonyl (C=O) groups is 1. The van der Waals surface area contributed by atoms with E-state index in [-0.39, 0.29) is 17.4 Å². The van der Waals surface area contributed by atoms with Gasteiger partial charge in [0.2, 0.25) is 0 Å². The molecule has 4 nitrogen and oxygen atoms in total. The zero-order chi connectivity index (χ0) is 20.4. The molecule has 0 atom stereocenters. The maximum absolute atomic E-state index is 13.4. The third kappa shape index (κ3) is 3.91. The summed E-state index contributed by atoms with van der Waals surface area (Å²) in [5.41, 5.74) is 2.31. The van der Waals surface area contributed by atoms with E-state index in [2.05, 4.69) is 4.99 Å². The molecule has 4 rings (SSSR count). The number of ether oxygens (including phenoxy) is 1. The van der Waals surface area contributed by atoms with Crippen LogP contribution in [0.2, 0.25) is 5.02 Å². The monoisotopic (exact) mass is 406 g/mol. The molecule has 1 amide bonds. The van der Waals surface area contributed by atoms with Crippen molar-refractivity contribution in [2.75, 3.05) is 12.0 Å². The average Bonchev–Trinajstić information content (AvgIpc) is 3.05. The number of anilines is 1. The van der Waals surface area contributed by atoms with Gasteiger partial charge in [-0.15, -0.1) is 0 Å². The molecule has 0 aromatic heterocycles. The fourth-order valence-corrected chi connectivity index (χ4v) is 3.15. The van der Waals surface area contributed by atoms with Gasteiger partial charge in [0.15, 0.2) is 0 Å². The Morgan fingerprint density at radius 1 is 1.03 bits per heavy atom. The van der Waals surface area contributed by atoms with Gasteiger partial charge in [0.25, 0.3) is 5.91 Å². The Labute approximate surface area is 172 Å². The molecule has 1 aliphatic heterocycles. The van der Waals surface area contributed by atoms with Crippen LogP contribution in [0.25, 0.3) is 6.08 Å². The average molecular weight is 407 g/mol. The van der Waals surface area contributed by atoms with Gasteiger partial charge < -0.3 is 4.74 Å². The summed E-state index contributed by atoms with van der Waals surface area (Å²) in [5, 5.41) is 0.563. The normalized spacial score (nSPS) is 15.0. The third-order valence-electron chi connectivity index (χ3n) is 4.44. The second kappa shape index (κ2) is 7.89. The lowest BCUT2D eigenvalue weighted by Gasteiger charge is -2.18. The van der Waals surface area contributed by atoms with Gasteiger partial charge in [0.05, 0.1) is 12.8 Å². The minimum absolute atomic E-state index is 0.271. The number of hydrogen-bond acceptors (Lipinski definition) is 3. The van der Waals surface area contributed by atoms with Crippen LogP contribution >= 0.6 is 11.6 Å². The maximum atomic E-state index is 13.4. The van der Waals surface area contributed by atoms with E-state index in [0.29, 0.717) is 27.9 Å². The number of rotatable bonds is 4. The van der Waals surface area contributed by atoms with Crippen LogP contribution in [0.4, 0.5) is 10.1 Å². The van der Waals surface area contributed by atoms with Crippen molar-refractivity contribution < 1.29 is 13.9 Å². The number of amides is 1. The summed E-state index contributed by atoms with van der Waals surface area (Å²) in [5.74, 6) is 0.465. The summed E-state index contributed by atoms with van der Waals surface area (Å²) < 4.78 is 18.6. The van der Waals surface area contributed by atoms with E-state index in [1.807, 2.05) is 24.3 Å². The van der Waals surface area contributed by atoms with Gasteiger partial charge in [-0.05, 0) is 72.3 Å². The molecule has 3 aromatic rings. The number of halogens is 2. The van der Waals surface area contributed by atoms with E-state index >= 15 is 0 Å². The van der Waals surface area contributed by atoms with Gasteiger partial charge in [0, 0.05) is 10.6 Å². The van der Waals surface area contributed by atoms with Crippen molar-refractivity contribution in [1.29, 1.82) is 0 Å². The molecule has 0 saturated carbocycles. The highest BCUT2D eigenvalue weighted by Crippen LogP contribution is 2.29. The van der Waals surface area contributed by atoms with Crippen molar-refractivity contribution in [3.63, 3.8) is 0 Å². The SMILES string of the molecule is COc1cccc(/C=C2/N=C(c3ccc(F)cc3)N(c3ccc(Cl)cc3)C2=O)c1. The molecule has 0 spiro atoms. The largest absolute Gasteiger partial charge is 0.497 e. The number of amidine groups is 1. The lowest BCUT2D eigenvalue weighted by molar-refractivity contribution is -0.113. The zero-order valence-corrected chi connectivity index (χ0v) is 16.2. The summed E-state index contributed by atoms with van der Waals surface area (Å²) in [4.78, 5) is 19.3. The van der Waals surface area contributed by atoms with Crippen LogP contribution in [0, 0.1) is 5.82 Å². The Morgan fingerprint density at radius 2 is 1.76 bits per heavy atom. The zero-order valence-electron chi connectivity index (χ0n) is 15.5. The summed E-state index contributed by atoms with van der Waals surface area (Å²) >= 11 is 5.99. The first kappa shape index (κ1) is 18.9. The first-order chi connectivity index (χ1) is 14.0. The molecule has 0 saturated heterocycles. The fraction of sp³-hybridized carbons (Fsp3) is 0.0435. The van der Waals surface area contributed by atoms with Crippen molar-refractivity contribution in [2.24, 2.45) is 4.99 Å². The molecule has 29 heavy (non-hydrogen) atoms. The minimum atomic E-state index is -0.358. The fourth-order valence-electron chi connectivity index (χ4n) is 3.03. The number of hydrogen-bond donors (Lipinski definition) is 0. The second-order valence-electron chi connectivity index (χ2n) is 6.37. The summed E-state index contributed by atoms with van der Waals surface area (Å²) in [6, 6.07) is 20.1. The van der Waals surface area contributed by atoms with Crippen molar-refractivity contribution in [3.8, 4) is 5.75 Å². The van der Waals surface area contributed by atoms with Crippen molar-refractivity contribution in [2.45, 2.75) is 0 Å². The van der Waals surface area contributed by atoms with Crippen LogP contribution in [0.3, 0.4) is 0 Å². The Hall–Kier alpha value is -3.44. The van der Waals surface area contributed by atoms with Gasteiger partial charge in [-0.25, -0.2) is 9.38 Å². The van der Waals surface area contributed by atoms with Crippen LogP contribution in [-0.2, 0) is 4.79 Å². The van der Waals surface area contributed by atoms with Crippen molar-refractivity contribution >= 4 is 35.1 Å². The third-order valence-corrected chi connectivity index (χ3v) is 4.70. The summed E-state index contributed by atoms with van der Waals surface area (Å²) in [7, 11) is 1.58. The molecule has 0 bridgehead atoms. The minimum Gasteiger partial charge on any atom is -0.497 e. The standard InChI is InChI=1S/C23H16ClFN2O2/c1-29-20-4-2-3-15(13-20)14-21-23(28)27(19-11-7-17(24)8-12-19)22(26-21)16-5-9-18(25)10-6-16/h2-14H,1H3/b21-14+. The molecule has 0 N–H and O–H groups in total. The Balaban J connectivity index is 1.81. The van der Waals surface area contributed by atoms with Crippen LogP contribution < -0.4 is 9.64 Å². The van der Waals surface area contributed by atoms with E-state index in [1.54, 1.807) is 49.6 Å². The molecule has 3 aromatic carbocycles. The lowest BCUT2D eigenvalue weighted by Crippen LogP contribution is -2.32. The molecule has 144 valence electrons. The molecule has 1 heterocycles. The maximum Gasteiger partial charge on any atom is 0.282 e. The highest BCUT2D eigenvalue weighted by molar-refractivity contribution is 6.33. The van der Waals surface area contributed by atoms with E-state index in [0.717, 1.165) is 5.56 Å². The molecule has 6 heteroatoms. The smallest absolute Gasteiger partial charge is 0.282 e. The highest BCUT2D eigenvalue weighted by atomic mass is 35.5. The predicted molar refractivity (Wildman–Crippen MR) is 113 cm³/mol. The van der Waals surface area contributed by atoms with E-state index in [1.165, 1.54) is 17.0 Å². The highest BCUT2D eigenvalue weighted by Gasteiger charge is 2.32. The first-order valence-corrected chi connectivity index (χ1v) is 9.23. The van der Waals surface area contributed by atoms with Crippen molar-refractivity contribution in [3.05, 3.63) is 100 Å². The summed E-state index contributed by atoms with van der Waals surface area (Å²) in [6.45, 7) is 0. The van der Waals surface area contributed by atoms with Gasteiger partial charge in [-0.2, -0.15) is 0 Å². The lowest BCUT2D eigenvalue weighted by atomic mass is 10.1. The topological polar surface area (TPSA) is 41.9 Å². The predicted octanol–water partition coefficient (Wildman–Crippen LogP) is 5.32. The molecule has 0 unspecified atom stereocenters. The molecule has 0 aliphatic carbocycles. The van der Waals surface area contributed by atoms with Gasteiger partial charge >= 0.3 is 0 Å². The Kier molecular flexibility index (Phi) is 5.14. The summed E-state index contributed by atoms with van der Waals surface area (Å²) in [6.07, 6.45) is 1.70. The Morgan fingerprint density at radius 3 is 2.45 bits per heavy atom. The van der Waals surface area contributed by atoms with E-state index in [9.17, 15) is 9.18 Å². The molecule has 1 aliphatic rings. The van der Waals surface area contributed by atoms with Gasteiger partial charge in [-0.1, -0.05) is 23.7 Å². The second-order valence-corrected chi connectivity index (χ2v) is 6.80. The Bertz CT molecular complexity index is 1120. The quantitative estimate of drug-likeness (QED) is 0.550. The molecule has 0 fully saturated rings. The van der Waals surface area contributed by atoms with Crippen LogP contribution in [0.1, 0.15) is 11.1 Å². The molecule has 0 radical (unpaired) electrons. The van der Waals surface area contributed by atoms with Crippen LogP contribution in [-0.4, -0.2) is 18.9 Å². The number of methoxy groups -OCH3 is 1. The number of carbonyl (C=O) groups excluding carboxylic acids is 1. The van der Waals surface area contributed by atoms with E-state index < -0.39 is 0 Å². The number of aliphatic imine (C=N–C) groups is 1. The van der Waals surface area contributed by atoms with Gasteiger partial charge in [0.1, 0.15) is 23.1 Å².